The van der Waals surface area contributed by atoms with E-state index in [4.69, 9.17) is 27.9 Å². The van der Waals surface area contributed by atoms with Crippen molar-refractivity contribution < 1.29 is 17.9 Å². The number of carbonyl (C=O) groups is 1. The zero-order chi connectivity index (χ0) is 22.0. The first-order valence-corrected chi connectivity index (χ1v) is 11.7. The van der Waals surface area contributed by atoms with Gasteiger partial charge in [0.2, 0.25) is 10.0 Å². The van der Waals surface area contributed by atoms with Crippen LogP contribution in [0.5, 0.6) is 11.5 Å². The minimum absolute atomic E-state index is 0.00634. The third-order valence-electron chi connectivity index (χ3n) is 4.55. The predicted molar refractivity (Wildman–Crippen MR) is 121 cm³/mol. The molecule has 0 radical (unpaired) electrons. The molecule has 0 bridgehead atoms. The summed E-state index contributed by atoms with van der Waals surface area (Å²) in [5.41, 5.74) is 0.504. The van der Waals surface area contributed by atoms with Crippen molar-refractivity contribution in [2.75, 3.05) is 5.32 Å². The Kier molecular flexibility index (Phi) is 6.20. The first-order chi connectivity index (χ1) is 14.8. The van der Waals surface area contributed by atoms with Gasteiger partial charge < -0.3 is 10.1 Å². The van der Waals surface area contributed by atoms with Crippen LogP contribution in [-0.2, 0) is 10.0 Å². The summed E-state index contributed by atoms with van der Waals surface area (Å²) in [7, 11) is -3.85. The van der Waals surface area contributed by atoms with E-state index in [1.54, 1.807) is 24.3 Å². The van der Waals surface area contributed by atoms with Gasteiger partial charge in [0.05, 0.1) is 15.6 Å². The van der Waals surface area contributed by atoms with Gasteiger partial charge in [-0.1, -0.05) is 41.4 Å². The molecule has 0 atom stereocenters. The van der Waals surface area contributed by atoms with E-state index in [2.05, 4.69) is 10.0 Å². The maximum Gasteiger partial charge on any atom is 0.257 e. The Morgan fingerprint density at radius 2 is 1.55 bits per heavy atom. The number of sulfonamides is 1. The first kappa shape index (κ1) is 21.6. The number of hydrogen-bond acceptors (Lipinski definition) is 4. The highest BCUT2D eigenvalue weighted by atomic mass is 35.5. The Morgan fingerprint density at radius 1 is 0.903 bits per heavy atom. The van der Waals surface area contributed by atoms with Crippen molar-refractivity contribution in [3.63, 3.8) is 0 Å². The van der Waals surface area contributed by atoms with Crippen LogP contribution >= 0.6 is 23.2 Å². The molecule has 0 unspecified atom stereocenters. The summed E-state index contributed by atoms with van der Waals surface area (Å²) in [6.07, 6.45) is 1.56. The van der Waals surface area contributed by atoms with Gasteiger partial charge in [0.15, 0.2) is 0 Å². The summed E-state index contributed by atoms with van der Waals surface area (Å²) < 4.78 is 33.4. The molecule has 2 N–H and O–H groups in total. The van der Waals surface area contributed by atoms with Crippen LogP contribution in [0.4, 0.5) is 5.69 Å². The van der Waals surface area contributed by atoms with Crippen molar-refractivity contribution in [1.82, 2.24) is 4.72 Å². The maximum absolute atomic E-state index is 12.8. The molecule has 1 fully saturated rings. The molecule has 1 aliphatic carbocycles. The molecule has 1 saturated carbocycles. The molecule has 3 aromatic carbocycles. The summed E-state index contributed by atoms with van der Waals surface area (Å²) in [5, 5.41) is 2.71. The van der Waals surface area contributed by atoms with Crippen LogP contribution in [-0.4, -0.2) is 20.4 Å². The number of rotatable bonds is 7. The van der Waals surface area contributed by atoms with Gasteiger partial charge in [-0.2, -0.15) is 0 Å². The Balaban J connectivity index is 1.51. The molecule has 0 aliphatic heterocycles. The average Bonchev–Trinajstić information content (AvgIpc) is 3.53. The van der Waals surface area contributed by atoms with Crippen LogP contribution in [0.3, 0.4) is 0 Å². The molecular formula is C22H18Cl2N2O4S. The monoisotopic (exact) mass is 476 g/mol. The molecule has 0 aromatic heterocycles. The van der Waals surface area contributed by atoms with Gasteiger partial charge in [-0.15, -0.1) is 0 Å². The summed E-state index contributed by atoms with van der Waals surface area (Å²) >= 11 is 12.3. The van der Waals surface area contributed by atoms with Gasteiger partial charge in [0.1, 0.15) is 16.4 Å². The van der Waals surface area contributed by atoms with Crippen LogP contribution in [0.15, 0.2) is 71.6 Å². The molecule has 3 aromatic rings. The maximum atomic E-state index is 12.8. The number of para-hydroxylation sites is 1. The van der Waals surface area contributed by atoms with Gasteiger partial charge in [0, 0.05) is 11.7 Å². The number of nitrogens with one attached hydrogen (secondary N) is 2. The van der Waals surface area contributed by atoms with E-state index in [0.717, 1.165) is 12.8 Å². The molecule has 9 heteroatoms. The lowest BCUT2D eigenvalue weighted by Crippen LogP contribution is -2.26. The highest BCUT2D eigenvalue weighted by Crippen LogP contribution is 2.31. The summed E-state index contributed by atoms with van der Waals surface area (Å²) in [4.78, 5) is 12.6. The molecule has 0 heterocycles. The first-order valence-electron chi connectivity index (χ1n) is 9.47. The van der Waals surface area contributed by atoms with Crippen molar-refractivity contribution >= 4 is 44.8 Å². The van der Waals surface area contributed by atoms with Crippen LogP contribution in [0.2, 0.25) is 10.0 Å². The van der Waals surface area contributed by atoms with Crippen molar-refractivity contribution in [3.8, 4) is 11.5 Å². The van der Waals surface area contributed by atoms with Crippen LogP contribution in [0.25, 0.3) is 0 Å². The van der Waals surface area contributed by atoms with Crippen LogP contribution < -0.4 is 14.8 Å². The number of carbonyl (C=O) groups excluding carboxylic acids is 1. The molecule has 1 aliphatic rings. The Morgan fingerprint density at radius 3 is 2.19 bits per heavy atom. The Hall–Kier alpha value is -2.58. The Bertz CT molecular complexity index is 1210. The van der Waals surface area contributed by atoms with E-state index in [9.17, 15) is 13.2 Å². The molecule has 31 heavy (non-hydrogen) atoms. The molecule has 0 saturated heterocycles. The minimum Gasteiger partial charge on any atom is -0.457 e. The number of anilines is 1. The lowest BCUT2D eigenvalue weighted by molar-refractivity contribution is 0.102. The zero-order valence-electron chi connectivity index (χ0n) is 16.1. The van der Waals surface area contributed by atoms with Crippen molar-refractivity contribution in [1.29, 1.82) is 0 Å². The van der Waals surface area contributed by atoms with Gasteiger partial charge in [-0.05, 0) is 61.4 Å². The fourth-order valence-corrected chi connectivity index (χ4v) is 4.99. The molecule has 6 nitrogen and oxygen atoms in total. The second-order valence-electron chi connectivity index (χ2n) is 7.05. The summed E-state index contributed by atoms with van der Waals surface area (Å²) in [6, 6.07) is 18.4. The van der Waals surface area contributed by atoms with Crippen molar-refractivity contribution in [2.45, 2.75) is 23.8 Å². The third kappa shape index (κ3) is 5.37. The van der Waals surface area contributed by atoms with Gasteiger partial charge in [0.25, 0.3) is 5.91 Å². The summed E-state index contributed by atoms with van der Waals surface area (Å²) in [6.45, 7) is 0. The van der Waals surface area contributed by atoms with E-state index in [-0.39, 0.29) is 26.5 Å². The number of ether oxygens (including phenoxy) is 1. The fourth-order valence-electron chi connectivity index (χ4n) is 2.82. The molecular weight excluding hydrogens is 459 g/mol. The van der Waals surface area contributed by atoms with E-state index in [0.29, 0.717) is 17.2 Å². The highest BCUT2D eigenvalue weighted by Gasteiger charge is 2.30. The quantitative estimate of drug-likeness (QED) is 0.472. The van der Waals surface area contributed by atoms with Crippen molar-refractivity contribution in [2.24, 2.45) is 0 Å². The lowest BCUT2D eigenvalue weighted by atomic mass is 10.2. The zero-order valence-corrected chi connectivity index (χ0v) is 18.5. The standard InChI is InChI=1S/C22H18Cl2N2O4S/c23-19-13-20(24)21(31(28,29)26-15-6-7-15)12-18(19)22(27)25-14-8-10-17(11-9-14)30-16-4-2-1-3-5-16/h1-5,8-13,15,26H,6-7H2,(H,25,27). The van der Waals surface area contributed by atoms with Gasteiger partial charge in [-0.3, -0.25) is 4.79 Å². The predicted octanol–water partition coefficient (Wildman–Crippen LogP) is 5.48. The van der Waals surface area contributed by atoms with E-state index in [1.807, 2.05) is 30.3 Å². The normalized spacial score (nSPS) is 13.6. The van der Waals surface area contributed by atoms with E-state index >= 15 is 0 Å². The highest BCUT2D eigenvalue weighted by molar-refractivity contribution is 7.89. The third-order valence-corrected chi connectivity index (χ3v) is 6.84. The molecule has 1 amide bonds. The second kappa shape index (κ2) is 8.88. The van der Waals surface area contributed by atoms with Gasteiger partial charge >= 0.3 is 0 Å². The smallest absolute Gasteiger partial charge is 0.257 e. The Labute approximate surface area is 190 Å². The molecule has 4 rings (SSSR count). The number of hydrogen-bond donors (Lipinski definition) is 2. The minimum atomic E-state index is -3.85. The second-order valence-corrected chi connectivity index (χ2v) is 9.55. The van der Waals surface area contributed by atoms with Crippen LogP contribution in [0, 0.1) is 0 Å². The topological polar surface area (TPSA) is 84.5 Å². The molecule has 0 spiro atoms. The number of halogens is 2. The lowest BCUT2D eigenvalue weighted by Gasteiger charge is -2.12. The number of benzene rings is 3. The molecule has 160 valence electrons. The fraction of sp³-hybridized carbons (Fsp3) is 0.136. The largest absolute Gasteiger partial charge is 0.457 e. The van der Waals surface area contributed by atoms with Gasteiger partial charge in [-0.25, -0.2) is 13.1 Å². The van der Waals surface area contributed by atoms with E-state index < -0.39 is 15.9 Å². The van der Waals surface area contributed by atoms with Crippen molar-refractivity contribution in [3.05, 3.63) is 82.3 Å². The number of amides is 1. The summed E-state index contributed by atoms with van der Waals surface area (Å²) in [5.74, 6) is 0.746. The average molecular weight is 477 g/mol. The van der Waals surface area contributed by atoms with E-state index in [1.165, 1.54) is 12.1 Å². The SMILES string of the molecule is O=C(Nc1ccc(Oc2ccccc2)cc1)c1cc(S(=O)(=O)NC2CC2)c(Cl)cc1Cl. The van der Waals surface area contributed by atoms with Crippen LogP contribution in [0.1, 0.15) is 23.2 Å².